The highest BCUT2D eigenvalue weighted by Crippen LogP contribution is 2.06. The Morgan fingerprint density at radius 1 is 0.964 bits per heavy atom. The molecule has 0 spiro atoms. The third-order valence-electron chi connectivity index (χ3n) is 4.36. The van der Waals surface area contributed by atoms with E-state index >= 15 is 0 Å². The molecule has 28 heavy (non-hydrogen) atoms. The molecular formula is C22H24N4O2. The molecule has 0 fully saturated rings. The van der Waals surface area contributed by atoms with E-state index < -0.39 is 6.04 Å². The molecule has 1 atom stereocenters. The van der Waals surface area contributed by atoms with Crippen LogP contribution >= 0.6 is 0 Å². The van der Waals surface area contributed by atoms with Gasteiger partial charge in [-0.3, -0.25) is 14.3 Å². The van der Waals surface area contributed by atoms with E-state index in [1.165, 1.54) is 0 Å². The summed E-state index contributed by atoms with van der Waals surface area (Å²) >= 11 is 0. The lowest BCUT2D eigenvalue weighted by molar-refractivity contribution is -0.122. The van der Waals surface area contributed by atoms with Crippen molar-refractivity contribution in [3.63, 3.8) is 0 Å². The molecule has 1 heterocycles. The maximum atomic E-state index is 12.7. The number of hydrogen-bond acceptors (Lipinski definition) is 3. The summed E-state index contributed by atoms with van der Waals surface area (Å²) in [5, 5.41) is 9.94. The number of nitrogens with zero attached hydrogens (tertiary/aromatic N) is 2. The molecule has 0 aliphatic rings. The molecule has 0 aliphatic heterocycles. The van der Waals surface area contributed by atoms with Gasteiger partial charge in [0, 0.05) is 37.5 Å². The third-order valence-corrected chi connectivity index (χ3v) is 4.36. The van der Waals surface area contributed by atoms with Gasteiger partial charge in [-0.1, -0.05) is 48.5 Å². The lowest BCUT2D eigenvalue weighted by Crippen LogP contribution is -2.48. The van der Waals surface area contributed by atoms with Crippen molar-refractivity contribution in [2.24, 2.45) is 0 Å². The average Bonchev–Trinajstić information content (AvgIpc) is 3.25. The van der Waals surface area contributed by atoms with Crippen LogP contribution < -0.4 is 10.6 Å². The number of aromatic nitrogens is 2. The molecule has 0 saturated heterocycles. The molecule has 1 unspecified atom stereocenters. The van der Waals surface area contributed by atoms with Crippen molar-refractivity contribution in [3.05, 3.63) is 90.3 Å². The fourth-order valence-electron chi connectivity index (χ4n) is 2.90. The zero-order valence-electron chi connectivity index (χ0n) is 15.6. The van der Waals surface area contributed by atoms with Gasteiger partial charge in [-0.15, -0.1) is 0 Å². The number of benzene rings is 2. The summed E-state index contributed by atoms with van der Waals surface area (Å²) in [7, 11) is 0. The Morgan fingerprint density at radius 2 is 1.68 bits per heavy atom. The van der Waals surface area contributed by atoms with Crippen LogP contribution in [0, 0.1) is 0 Å². The number of aryl methyl sites for hydroxylation is 1. The summed E-state index contributed by atoms with van der Waals surface area (Å²) in [6, 6.07) is 19.8. The number of rotatable bonds is 9. The Labute approximate surface area is 164 Å². The molecule has 3 aromatic rings. The topological polar surface area (TPSA) is 76.0 Å². The number of carbonyl (C=O) groups excluding carboxylic acids is 2. The summed E-state index contributed by atoms with van der Waals surface area (Å²) < 4.78 is 1.82. The van der Waals surface area contributed by atoms with Gasteiger partial charge in [0.2, 0.25) is 5.91 Å². The van der Waals surface area contributed by atoms with Gasteiger partial charge in [0.15, 0.2) is 0 Å². The highest BCUT2D eigenvalue weighted by Gasteiger charge is 2.21. The second-order valence-corrected chi connectivity index (χ2v) is 6.50. The molecule has 0 aliphatic carbocycles. The number of nitrogens with one attached hydrogen (secondary N) is 2. The van der Waals surface area contributed by atoms with Gasteiger partial charge in [0.25, 0.3) is 5.91 Å². The van der Waals surface area contributed by atoms with E-state index in [4.69, 9.17) is 0 Å². The standard InChI is InChI=1S/C22H24N4O2/c27-21(19-11-5-2-6-12-19)25-20(17-18-9-3-1-4-10-18)22(28)23-13-7-15-26-16-8-14-24-26/h1-6,8-12,14,16,20H,7,13,15,17H2,(H,23,28)(H,25,27). The Morgan fingerprint density at radius 3 is 2.36 bits per heavy atom. The smallest absolute Gasteiger partial charge is 0.251 e. The average molecular weight is 376 g/mol. The minimum atomic E-state index is -0.639. The third kappa shape index (κ3) is 5.81. The highest BCUT2D eigenvalue weighted by molar-refractivity contribution is 5.97. The normalized spacial score (nSPS) is 11.6. The van der Waals surface area contributed by atoms with E-state index in [-0.39, 0.29) is 11.8 Å². The first-order chi connectivity index (χ1) is 13.7. The predicted molar refractivity (Wildman–Crippen MR) is 108 cm³/mol. The molecule has 0 bridgehead atoms. The van der Waals surface area contributed by atoms with E-state index in [1.54, 1.807) is 30.5 Å². The minimum Gasteiger partial charge on any atom is -0.354 e. The SMILES string of the molecule is O=C(NC(Cc1ccccc1)C(=O)NCCCn1cccn1)c1ccccc1. The number of carbonyl (C=O) groups is 2. The van der Waals surface area contributed by atoms with E-state index in [0.29, 0.717) is 18.5 Å². The molecule has 6 nitrogen and oxygen atoms in total. The lowest BCUT2D eigenvalue weighted by atomic mass is 10.0. The predicted octanol–water partition coefficient (Wildman–Crippen LogP) is 2.43. The largest absolute Gasteiger partial charge is 0.354 e. The quantitative estimate of drug-likeness (QED) is 0.563. The molecule has 2 N–H and O–H groups in total. The fourth-order valence-corrected chi connectivity index (χ4v) is 2.90. The van der Waals surface area contributed by atoms with Crippen LogP contribution in [0.3, 0.4) is 0 Å². The van der Waals surface area contributed by atoms with Crippen LogP contribution in [-0.4, -0.2) is 34.2 Å². The van der Waals surface area contributed by atoms with Gasteiger partial charge < -0.3 is 10.6 Å². The van der Waals surface area contributed by atoms with Gasteiger partial charge in [-0.25, -0.2) is 0 Å². The molecule has 6 heteroatoms. The van der Waals surface area contributed by atoms with Crippen molar-refractivity contribution in [1.82, 2.24) is 20.4 Å². The van der Waals surface area contributed by atoms with Gasteiger partial charge >= 0.3 is 0 Å². The van der Waals surface area contributed by atoms with Crippen molar-refractivity contribution < 1.29 is 9.59 Å². The lowest BCUT2D eigenvalue weighted by Gasteiger charge is -2.19. The van der Waals surface area contributed by atoms with Crippen LogP contribution in [0.4, 0.5) is 0 Å². The van der Waals surface area contributed by atoms with Crippen LogP contribution in [0.2, 0.25) is 0 Å². The van der Waals surface area contributed by atoms with Gasteiger partial charge in [0.05, 0.1) is 0 Å². The van der Waals surface area contributed by atoms with Gasteiger partial charge in [-0.05, 0) is 30.2 Å². The second kappa shape index (κ2) is 10.1. The summed E-state index contributed by atoms with van der Waals surface area (Å²) in [4.78, 5) is 25.3. The van der Waals surface area contributed by atoms with Crippen molar-refractivity contribution >= 4 is 11.8 Å². The summed E-state index contributed by atoms with van der Waals surface area (Å²) in [6.07, 6.45) is 4.82. The number of amides is 2. The maximum absolute atomic E-state index is 12.7. The first-order valence-electron chi connectivity index (χ1n) is 9.37. The van der Waals surface area contributed by atoms with Crippen LogP contribution in [0.5, 0.6) is 0 Å². The Bertz CT molecular complexity index is 864. The fraction of sp³-hybridized carbons (Fsp3) is 0.227. The highest BCUT2D eigenvalue weighted by atomic mass is 16.2. The van der Waals surface area contributed by atoms with Crippen molar-refractivity contribution in [3.8, 4) is 0 Å². The van der Waals surface area contributed by atoms with Crippen LogP contribution in [-0.2, 0) is 17.8 Å². The monoisotopic (exact) mass is 376 g/mol. The van der Waals surface area contributed by atoms with Crippen molar-refractivity contribution in [2.45, 2.75) is 25.4 Å². The van der Waals surface area contributed by atoms with Gasteiger partial charge in [-0.2, -0.15) is 5.10 Å². The molecule has 0 saturated carbocycles. The first-order valence-corrected chi connectivity index (χ1v) is 9.37. The van der Waals surface area contributed by atoms with E-state index in [1.807, 2.05) is 53.3 Å². The molecule has 3 rings (SSSR count). The van der Waals surface area contributed by atoms with E-state index in [9.17, 15) is 9.59 Å². The molecule has 2 amide bonds. The number of hydrogen-bond donors (Lipinski definition) is 2. The molecule has 144 valence electrons. The maximum Gasteiger partial charge on any atom is 0.251 e. The summed E-state index contributed by atoms with van der Waals surface area (Å²) in [5.41, 5.74) is 1.53. The summed E-state index contributed by atoms with van der Waals surface area (Å²) in [6.45, 7) is 1.25. The zero-order valence-corrected chi connectivity index (χ0v) is 15.6. The van der Waals surface area contributed by atoms with Crippen molar-refractivity contribution in [2.75, 3.05) is 6.54 Å². The molecule has 1 aromatic heterocycles. The Kier molecular flexibility index (Phi) is 6.95. The first kappa shape index (κ1) is 19.4. The van der Waals surface area contributed by atoms with Crippen molar-refractivity contribution in [1.29, 1.82) is 0 Å². The summed E-state index contributed by atoms with van der Waals surface area (Å²) in [5.74, 6) is -0.443. The van der Waals surface area contributed by atoms with Crippen LogP contribution in [0.25, 0.3) is 0 Å². The Balaban J connectivity index is 1.59. The van der Waals surface area contributed by atoms with Crippen LogP contribution in [0.1, 0.15) is 22.3 Å². The zero-order chi connectivity index (χ0) is 19.6. The van der Waals surface area contributed by atoms with E-state index in [2.05, 4.69) is 15.7 Å². The Hall–Kier alpha value is -3.41. The van der Waals surface area contributed by atoms with Gasteiger partial charge in [0.1, 0.15) is 6.04 Å². The minimum absolute atomic E-state index is 0.186. The molecular weight excluding hydrogens is 352 g/mol. The van der Waals surface area contributed by atoms with Crippen LogP contribution in [0.15, 0.2) is 79.1 Å². The molecule has 0 radical (unpaired) electrons. The molecule has 2 aromatic carbocycles. The second-order valence-electron chi connectivity index (χ2n) is 6.50. The van der Waals surface area contributed by atoms with E-state index in [0.717, 1.165) is 18.5 Å².